The van der Waals surface area contributed by atoms with E-state index >= 15 is 0 Å². The molecule has 1 atom stereocenters. The Hall–Kier alpha value is -2.09. The van der Waals surface area contributed by atoms with Crippen molar-refractivity contribution in [3.8, 4) is 0 Å². The van der Waals surface area contributed by atoms with Crippen LogP contribution in [0.1, 0.15) is 18.5 Å². The van der Waals surface area contributed by atoms with Crippen molar-refractivity contribution in [2.75, 3.05) is 40.6 Å². The van der Waals surface area contributed by atoms with Gasteiger partial charge in [-0.2, -0.15) is 0 Å². The van der Waals surface area contributed by atoms with E-state index in [2.05, 4.69) is 5.32 Å². The molecule has 1 N–H and O–H groups in total. The quantitative estimate of drug-likeness (QED) is 0.552. The Morgan fingerprint density at radius 2 is 1.96 bits per heavy atom. The van der Waals surface area contributed by atoms with Gasteiger partial charge in [-0.25, -0.2) is 9.59 Å². The van der Waals surface area contributed by atoms with Crippen LogP contribution in [0.3, 0.4) is 0 Å². The van der Waals surface area contributed by atoms with Crippen LogP contribution in [-0.2, 0) is 19.0 Å². The molecule has 0 aromatic heterocycles. The molecule has 1 aliphatic rings. The molecule has 1 heterocycles. The van der Waals surface area contributed by atoms with Gasteiger partial charge < -0.3 is 19.5 Å². The summed E-state index contributed by atoms with van der Waals surface area (Å²) in [6.45, 7) is 2.81. The maximum atomic E-state index is 12.7. The van der Waals surface area contributed by atoms with Crippen molar-refractivity contribution in [3.05, 3.63) is 46.1 Å². The number of hydrogen-bond acceptors (Lipinski definition) is 5. The number of nitrogens with one attached hydrogen (secondary N) is 1. The largest absolute Gasteiger partial charge is 0.460 e. The fourth-order valence-corrected chi connectivity index (χ4v) is 2.93. The van der Waals surface area contributed by atoms with Gasteiger partial charge in [0.05, 0.1) is 31.4 Å². The minimum atomic E-state index is -0.643. The van der Waals surface area contributed by atoms with E-state index in [1.165, 1.54) is 12.0 Å². The number of nitrogens with zero attached hydrogens (tertiary/aromatic N) is 1. The summed E-state index contributed by atoms with van der Waals surface area (Å²) in [7, 11) is 3.08. The average Bonchev–Trinajstić information content (AvgIpc) is 2.61. The van der Waals surface area contributed by atoms with E-state index in [9.17, 15) is 9.59 Å². The molecule has 0 spiro atoms. The highest BCUT2D eigenvalue weighted by molar-refractivity contribution is 6.30. The number of urea groups is 1. The molecule has 2 rings (SSSR count). The topological polar surface area (TPSA) is 77.1 Å². The Bertz CT molecular complexity index is 692. The van der Waals surface area contributed by atoms with Crippen molar-refractivity contribution in [2.45, 2.75) is 13.0 Å². The van der Waals surface area contributed by atoms with Gasteiger partial charge in [0.2, 0.25) is 0 Å². The molecule has 1 aromatic rings. The number of carbonyl (C=O) groups is 2. The van der Waals surface area contributed by atoms with E-state index in [0.717, 1.165) is 0 Å². The summed E-state index contributed by atoms with van der Waals surface area (Å²) in [5.41, 5.74) is 1.59. The van der Waals surface area contributed by atoms with Crippen LogP contribution in [0.4, 0.5) is 4.79 Å². The lowest BCUT2D eigenvalue weighted by atomic mass is 9.95. The van der Waals surface area contributed by atoms with Crippen molar-refractivity contribution < 1.29 is 23.8 Å². The Morgan fingerprint density at radius 3 is 2.62 bits per heavy atom. The zero-order valence-electron chi connectivity index (χ0n) is 15.1. The standard InChI is InChI=1S/C18H23ClN2O5/c1-12-15(17(22)26-10-9-25-3)16(13-5-4-6-14(19)11-13)20-18(23)21(12)7-8-24-2/h4-6,11,16H,7-10H2,1-3H3,(H,20,23). The molecule has 1 aliphatic heterocycles. The van der Waals surface area contributed by atoms with Crippen LogP contribution in [-0.4, -0.2) is 57.5 Å². The van der Waals surface area contributed by atoms with E-state index in [0.29, 0.717) is 41.6 Å². The Labute approximate surface area is 157 Å². The summed E-state index contributed by atoms with van der Waals surface area (Å²) in [6, 6.07) is 6.07. The molecule has 0 radical (unpaired) electrons. The van der Waals surface area contributed by atoms with Gasteiger partial charge in [0, 0.05) is 24.9 Å². The van der Waals surface area contributed by atoms with Gasteiger partial charge in [0.25, 0.3) is 0 Å². The lowest BCUT2D eigenvalue weighted by Gasteiger charge is -2.35. The summed E-state index contributed by atoms with van der Waals surface area (Å²) in [5, 5.41) is 3.37. The number of hydrogen-bond donors (Lipinski definition) is 1. The number of carbonyl (C=O) groups excluding carboxylic acids is 2. The molecule has 142 valence electrons. The minimum Gasteiger partial charge on any atom is -0.460 e. The van der Waals surface area contributed by atoms with Crippen molar-refractivity contribution in [3.63, 3.8) is 0 Å². The Kier molecular flexibility index (Phi) is 7.44. The average molecular weight is 383 g/mol. The number of halogens is 1. The second kappa shape index (κ2) is 9.56. The zero-order valence-corrected chi connectivity index (χ0v) is 15.8. The van der Waals surface area contributed by atoms with Crippen LogP contribution in [0, 0.1) is 0 Å². The zero-order chi connectivity index (χ0) is 19.1. The first-order valence-electron chi connectivity index (χ1n) is 8.18. The number of rotatable bonds is 8. The van der Waals surface area contributed by atoms with E-state index in [1.807, 2.05) is 0 Å². The predicted octanol–water partition coefficient (Wildman–Crippen LogP) is 2.52. The van der Waals surface area contributed by atoms with Crippen molar-refractivity contribution in [1.29, 1.82) is 0 Å². The van der Waals surface area contributed by atoms with Crippen molar-refractivity contribution in [1.82, 2.24) is 10.2 Å². The molecule has 2 amide bonds. The normalized spacial score (nSPS) is 17.3. The molecule has 0 saturated heterocycles. The van der Waals surface area contributed by atoms with E-state index in [-0.39, 0.29) is 12.6 Å². The molecular weight excluding hydrogens is 360 g/mol. The molecule has 7 nitrogen and oxygen atoms in total. The summed E-state index contributed by atoms with van der Waals surface area (Å²) < 4.78 is 15.3. The number of amides is 2. The molecule has 8 heteroatoms. The van der Waals surface area contributed by atoms with Gasteiger partial charge in [-0.1, -0.05) is 23.7 Å². The van der Waals surface area contributed by atoms with Gasteiger partial charge in [-0.15, -0.1) is 0 Å². The number of allylic oxidation sites excluding steroid dienone is 1. The van der Waals surface area contributed by atoms with E-state index in [4.69, 9.17) is 25.8 Å². The number of methoxy groups -OCH3 is 2. The van der Waals surface area contributed by atoms with Crippen molar-refractivity contribution in [2.24, 2.45) is 0 Å². The summed E-state index contributed by atoms with van der Waals surface area (Å²) in [5.74, 6) is -0.507. The number of esters is 1. The third-order valence-electron chi connectivity index (χ3n) is 4.04. The first kappa shape index (κ1) is 20.2. The highest BCUT2D eigenvalue weighted by Crippen LogP contribution is 2.32. The second-order valence-corrected chi connectivity index (χ2v) is 6.15. The van der Waals surface area contributed by atoms with Crippen LogP contribution in [0.15, 0.2) is 35.5 Å². The highest BCUT2D eigenvalue weighted by Gasteiger charge is 2.36. The number of benzene rings is 1. The monoisotopic (exact) mass is 382 g/mol. The first-order chi connectivity index (χ1) is 12.5. The Morgan fingerprint density at radius 1 is 1.23 bits per heavy atom. The Balaban J connectivity index is 2.40. The highest BCUT2D eigenvalue weighted by atomic mass is 35.5. The van der Waals surface area contributed by atoms with Gasteiger partial charge in [-0.05, 0) is 24.6 Å². The van der Waals surface area contributed by atoms with Gasteiger partial charge in [-0.3, -0.25) is 4.90 Å². The fraction of sp³-hybridized carbons (Fsp3) is 0.444. The summed E-state index contributed by atoms with van der Waals surface area (Å²) >= 11 is 6.08. The third kappa shape index (κ3) is 4.75. The molecule has 1 aromatic carbocycles. The lowest BCUT2D eigenvalue weighted by molar-refractivity contribution is -0.140. The van der Waals surface area contributed by atoms with Crippen LogP contribution < -0.4 is 5.32 Å². The van der Waals surface area contributed by atoms with E-state index in [1.54, 1.807) is 38.3 Å². The summed E-state index contributed by atoms with van der Waals surface area (Å²) in [6.07, 6.45) is 0. The summed E-state index contributed by atoms with van der Waals surface area (Å²) in [4.78, 5) is 26.7. The maximum Gasteiger partial charge on any atom is 0.338 e. The molecule has 0 bridgehead atoms. The van der Waals surface area contributed by atoms with Crippen LogP contribution in [0.2, 0.25) is 5.02 Å². The van der Waals surface area contributed by atoms with E-state index < -0.39 is 12.0 Å². The third-order valence-corrected chi connectivity index (χ3v) is 4.27. The van der Waals surface area contributed by atoms with Crippen LogP contribution in [0.5, 0.6) is 0 Å². The molecule has 0 aliphatic carbocycles. The minimum absolute atomic E-state index is 0.125. The maximum absolute atomic E-state index is 12.7. The first-order valence-corrected chi connectivity index (χ1v) is 8.56. The fourth-order valence-electron chi connectivity index (χ4n) is 2.73. The number of ether oxygens (including phenoxy) is 3. The van der Waals surface area contributed by atoms with Gasteiger partial charge in [0.15, 0.2) is 0 Å². The molecule has 26 heavy (non-hydrogen) atoms. The molecule has 0 saturated carbocycles. The van der Waals surface area contributed by atoms with Gasteiger partial charge in [0.1, 0.15) is 6.61 Å². The molecule has 1 unspecified atom stereocenters. The van der Waals surface area contributed by atoms with Crippen molar-refractivity contribution >= 4 is 23.6 Å². The van der Waals surface area contributed by atoms with Gasteiger partial charge >= 0.3 is 12.0 Å². The molecular formula is C18H23ClN2O5. The predicted molar refractivity (Wildman–Crippen MR) is 96.8 cm³/mol. The lowest BCUT2D eigenvalue weighted by Crippen LogP contribution is -2.49. The SMILES string of the molecule is COCCOC(=O)C1=C(C)N(CCOC)C(=O)NC1c1cccc(Cl)c1. The second-order valence-electron chi connectivity index (χ2n) is 5.71. The van der Waals surface area contributed by atoms with Crippen LogP contribution in [0.25, 0.3) is 0 Å². The smallest absolute Gasteiger partial charge is 0.338 e. The van der Waals surface area contributed by atoms with Crippen LogP contribution >= 0.6 is 11.6 Å². The molecule has 0 fully saturated rings.